The van der Waals surface area contributed by atoms with Crippen LogP contribution in [0.5, 0.6) is 0 Å². The van der Waals surface area contributed by atoms with Gasteiger partial charge in [-0.15, -0.1) is 6.58 Å². The number of unbranched alkanes of at least 4 members (excludes halogenated alkanes) is 1. The van der Waals surface area contributed by atoms with E-state index in [1.54, 1.807) is 7.05 Å². The molecule has 0 radical (unpaired) electrons. The van der Waals surface area contributed by atoms with Crippen molar-refractivity contribution in [3.05, 3.63) is 12.7 Å². The maximum atomic E-state index is 12.0. The van der Waals surface area contributed by atoms with E-state index in [9.17, 15) is 9.59 Å². The fourth-order valence-electron chi connectivity index (χ4n) is 1.72. The monoisotopic (exact) mass is 241 g/mol. The van der Waals surface area contributed by atoms with Gasteiger partial charge in [0.2, 0.25) is 5.91 Å². The Kier molecular flexibility index (Phi) is 7.26. The average Bonchev–Trinajstić information content (AvgIpc) is 2.30. The van der Waals surface area contributed by atoms with Gasteiger partial charge >= 0.3 is 5.97 Å². The van der Waals surface area contributed by atoms with Gasteiger partial charge in [0.1, 0.15) is 6.04 Å². The third-order valence-electron chi connectivity index (χ3n) is 2.90. The summed E-state index contributed by atoms with van der Waals surface area (Å²) in [6, 6.07) is -0.802. The zero-order valence-corrected chi connectivity index (χ0v) is 11.0. The van der Waals surface area contributed by atoms with Crippen LogP contribution in [0.3, 0.4) is 0 Å². The van der Waals surface area contributed by atoms with E-state index < -0.39 is 12.0 Å². The summed E-state index contributed by atoms with van der Waals surface area (Å²) in [6.45, 7) is 7.43. The second-order valence-electron chi connectivity index (χ2n) is 4.37. The Labute approximate surface area is 103 Å². The topological polar surface area (TPSA) is 57.6 Å². The first-order valence-electron chi connectivity index (χ1n) is 6.06. The summed E-state index contributed by atoms with van der Waals surface area (Å²) in [5.41, 5.74) is 0. The van der Waals surface area contributed by atoms with Crippen molar-refractivity contribution in [2.24, 2.45) is 5.92 Å². The number of carboxylic acid groups (broad SMARTS) is 1. The van der Waals surface area contributed by atoms with Crippen molar-refractivity contribution in [3.8, 4) is 0 Å². The third kappa shape index (κ3) is 5.02. The lowest BCUT2D eigenvalue weighted by atomic mass is 10.0. The number of carbonyl (C=O) groups excluding carboxylic acids is 1. The molecule has 0 heterocycles. The Balaban J connectivity index is 4.53. The number of carboxylic acids is 1. The first-order valence-corrected chi connectivity index (χ1v) is 6.06. The van der Waals surface area contributed by atoms with E-state index in [1.807, 2.05) is 6.92 Å². The lowest BCUT2D eigenvalue weighted by molar-refractivity contribution is -0.150. The van der Waals surface area contributed by atoms with Gasteiger partial charge in [-0.1, -0.05) is 32.8 Å². The van der Waals surface area contributed by atoms with E-state index in [0.29, 0.717) is 0 Å². The molecule has 98 valence electrons. The van der Waals surface area contributed by atoms with Gasteiger partial charge in [0, 0.05) is 13.0 Å². The highest BCUT2D eigenvalue weighted by Gasteiger charge is 2.27. The van der Waals surface area contributed by atoms with Crippen LogP contribution >= 0.6 is 0 Å². The Morgan fingerprint density at radius 3 is 2.47 bits per heavy atom. The Morgan fingerprint density at radius 2 is 2.06 bits per heavy atom. The molecule has 0 unspecified atom stereocenters. The molecule has 4 heteroatoms. The number of rotatable bonds is 8. The molecular weight excluding hydrogens is 218 g/mol. The predicted octanol–water partition coefficient (Wildman–Crippen LogP) is 2.30. The van der Waals surface area contributed by atoms with Crippen molar-refractivity contribution in [2.75, 3.05) is 7.05 Å². The number of hydrogen-bond donors (Lipinski definition) is 1. The highest BCUT2D eigenvalue weighted by molar-refractivity contribution is 5.84. The lowest BCUT2D eigenvalue weighted by Crippen LogP contribution is -2.44. The fraction of sp³-hybridized carbons (Fsp3) is 0.692. The summed E-state index contributed by atoms with van der Waals surface area (Å²) in [6.07, 6.45) is 4.63. The number of aliphatic carboxylic acids is 1. The maximum absolute atomic E-state index is 12.0. The van der Waals surface area contributed by atoms with Gasteiger partial charge in [-0.25, -0.2) is 4.79 Å². The second-order valence-corrected chi connectivity index (χ2v) is 4.37. The number of likely N-dealkylation sites (N-methyl/N-ethyl adjacent to an activating group) is 1. The lowest BCUT2D eigenvalue weighted by Gasteiger charge is -2.26. The average molecular weight is 241 g/mol. The minimum absolute atomic E-state index is 0.104. The van der Waals surface area contributed by atoms with Crippen LogP contribution in [0, 0.1) is 5.92 Å². The largest absolute Gasteiger partial charge is 0.480 e. The van der Waals surface area contributed by atoms with Crippen LogP contribution in [0.1, 0.15) is 39.5 Å². The van der Waals surface area contributed by atoms with Crippen LogP contribution in [0.15, 0.2) is 12.7 Å². The van der Waals surface area contributed by atoms with Gasteiger partial charge in [-0.2, -0.15) is 0 Å². The van der Waals surface area contributed by atoms with Gasteiger partial charge < -0.3 is 10.0 Å². The Bertz CT molecular complexity index is 276. The smallest absolute Gasteiger partial charge is 0.326 e. The number of carbonyl (C=O) groups is 2. The molecule has 0 aliphatic carbocycles. The van der Waals surface area contributed by atoms with Crippen LogP contribution in [-0.4, -0.2) is 35.0 Å². The summed E-state index contributed by atoms with van der Waals surface area (Å²) in [4.78, 5) is 24.4. The molecule has 0 bridgehead atoms. The van der Waals surface area contributed by atoms with Gasteiger partial charge in [-0.3, -0.25) is 4.79 Å². The van der Waals surface area contributed by atoms with E-state index in [4.69, 9.17) is 5.11 Å². The Morgan fingerprint density at radius 1 is 1.47 bits per heavy atom. The predicted molar refractivity (Wildman–Crippen MR) is 67.7 cm³/mol. The van der Waals surface area contributed by atoms with Gasteiger partial charge in [-0.05, 0) is 12.8 Å². The molecule has 0 aliphatic rings. The number of amides is 1. The van der Waals surface area contributed by atoms with E-state index in [1.165, 1.54) is 11.0 Å². The molecule has 0 aromatic heterocycles. The van der Waals surface area contributed by atoms with E-state index in [2.05, 4.69) is 13.5 Å². The molecule has 0 saturated heterocycles. The van der Waals surface area contributed by atoms with Crippen LogP contribution in [0.2, 0.25) is 0 Å². The minimum Gasteiger partial charge on any atom is -0.480 e. The van der Waals surface area contributed by atoms with E-state index in [0.717, 1.165) is 19.3 Å². The van der Waals surface area contributed by atoms with Crippen molar-refractivity contribution in [3.63, 3.8) is 0 Å². The first kappa shape index (κ1) is 15.7. The summed E-state index contributed by atoms with van der Waals surface area (Å²) < 4.78 is 0. The van der Waals surface area contributed by atoms with Gasteiger partial charge in [0.15, 0.2) is 0 Å². The molecule has 1 N–H and O–H groups in total. The number of hydrogen-bond acceptors (Lipinski definition) is 2. The van der Waals surface area contributed by atoms with Crippen LogP contribution < -0.4 is 0 Å². The first-order chi connectivity index (χ1) is 7.95. The van der Waals surface area contributed by atoms with Crippen LogP contribution in [-0.2, 0) is 9.59 Å². The Hall–Kier alpha value is -1.32. The van der Waals surface area contributed by atoms with E-state index >= 15 is 0 Å². The normalized spacial score (nSPS) is 13.8. The van der Waals surface area contributed by atoms with Crippen molar-refractivity contribution >= 4 is 11.9 Å². The molecular formula is C13H23NO3. The molecule has 4 nitrogen and oxygen atoms in total. The summed E-state index contributed by atoms with van der Waals surface area (Å²) in [7, 11) is 1.55. The summed E-state index contributed by atoms with van der Waals surface area (Å²) >= 11 is 0. The maximum Gasteiger partial charge on any atom is 0.326 e. The molecule has 2 atom stereocenters. The third-order valence-corrected chi connectivity index (χ3v) is 2.90. The summed E-state index contributed by atoms with van der Waals surface area (Å²) in [5, 5.41) is 9.04. The zero-order chi connectivity index (χ0) is 13.4. The highest BCUT2D eigenvalue weighted by atomic mass is 16.4. The fourth-order valence-corrected chi connectivity index (χ4v) is 1.72. The molecule has 0 saturated carbocycles. The molecule has 0 aromatic carbocycles. The molecule has 0 fully saturated rings. The minimum atomic E-state index is -0.983. The molecule has 0 aromatic rings. The van der Waals surface area contributed by atoms with Crippen molar-refractivity contribution in [1.82, 2.24) is 4.90 Å². The molecule has 0 rings (SSSR count). The second kappa shape index (κ2) is 7.87. The summed E-state index contributed by atoms with van der Waals surface area (Å²) in [5.74, 6) is -1.21. The standard InChI is InChI=1S/C13H23NO3/c1-5-7-9-10(3)12(15)14(4)11(8-6-2)13(16)17/h6,10-11H,2,5,7-9H2,1,3-4H3,(H,16,17)/t10-,11+/m1/s1. The van der Waals surface area contributed by atoms with Crippen molar-refractivity contribution in [2.45, 2.75) is 45.6 Å². The van der Waals surface area contributed by atoms with Crippen molar-refractivity contribution in [1.29, 1.82) is 0 Å². The van der Waals surface area contributed by atoms with E-state index in [-0.39, 0.29) is 18.2 Å². The SMILES string of the molecule is C=CC[C@@H](C(=O)O)N(C)C(=O)[C@H](C)CCCC. The van der Waals surface area contributed by atoms with Crippen LogP contribution in [0.25, 0.3) is 0 Å². The zero-order valence-electron chi connectivity index (χ0n) is 11.0. The molecule has 1 amide bonds. The van der Waals surface area contributed by atoms with Crippen LogP contribution in [0.4, 0.5) is 0 Å². The number of nitrogens with zero attached hydrogens (tertiary/aromatic N) is 1. The van der Waals surface area contributed by atoms with Gasteiger partial charge in [0.25, 0.3) is 0 Å². The molecule has 17 heavy (non-hydrogen) atoms. The highest BCUT2D eigenvalue weighted by Crippen LogP contribution is 2.14. The van der Waals surface area contributed by atoms with Gasteiger partial charge in [0.05, 0.1) is 0 Å². The van der Waals surface area contributed by atoms with Crippen molar-refractivity contribution < 1.29 is 14.7 Å². The molecule has 0 aliphatic heterocycles. The quantitative estimate of drug-likeness (QED) is 0.663. The molecule has 0 spiro atoms.